The topological polar surface area (TPSA) is 84.3 Å². The molecule has 1 N–H and O–H groups in total. The molecule has 2 fully saturated rings. The second kappa shape index (κ2) is 10.2. The molecule has 0 radical (unpaired) electrons. The molecule has 2 aliphatic rings. The molecule has 0 saturated heterocycles. The Hall–Kier alpha value is -3.36. The molecule has 2 aliphatic carbocycles. The summed E-state index contributed by atoms with van der Waals surface area (Å²) in [6.45, 7) is 4.46. The molecule has 5 rings (SSSR count). The number of rotatable bonds is 8. The number of halogens is 2. The zero-order valence-corrected chi connectivity index (χ0v) is 21.5. The van der Waals surface area contributed by atoms with Gasteiger partial charge in [0, 0.05) is 18.2 Å². The highest BCUT2D eigenvalue weighted by atomic mass is 19.1. The number of phenolic OH excluding ortho intramolecular Hbond substituents is 1. The normalized spacial score (nSPS) is 23.6. The average molecular weight is 510 g/mol. The van der Waals surface area contributed by atoms with Crippen LogP contribution < -0.4 is 9.64 Å². The van der Waals surface area contributed by atoms with E-state index in [2.05, 4.69) is 38.9 Å². The molecule has 1 aromatic carbocycles. The summed E-state index contributed by atoms with van der Waals surface area (Å²) in [7, 11) is 1.41. The van der Waals surface area contributed by atoms with E-state index >= 15 is 4.39 Å². The van der Waals surface area contributed by atoms with Gasteiger partial charge in [-0.05, 0) is 67.2 Å². The fraction of sp³-hybridized carbons (Fsp3) is 0.500. The molecule has 0 aliphatic heterocycles. The van der Waals surface area contributed by atoms with Crippen molar-refractivity contribution in [3.05, 3.63) is 42.5 Å². The minimum atomic E-state index is -0.903. The first-order valence-electron chi connectivity index (χ1n) is 13.0. The number of benzene rings is 1. The standard InChI is InChI=1S/C28H33F2N5O2/c1-4-10-28(2)11-9-21(29)22(15-28)35(19-6-7-19)25-16-31-27(34-33-25)20-8-5-17(12-23(20)36)18-13-24(30)32-26(14-18)37-3/h5,8,12-14,16,19,21-22,36H,4,6-7,9-11,15H2,1-3H3/t21-,22+,28+/m0/s1. The van der Waals surface area contributed by atoms with Crippen molar-refractivity contribution in [2.75, 3.05) is 12.0 Å². The van der Waals surface area contributed by atoms with Gasteiger partial charge in [0.2, 0.25) is 11.8 Å². The van der Waals surface area contributed by atoms with Gasteiger partial charge < -0.3 is 14.7 Å². The van der Waals surface area contributed by atoms with Gasteiger partial charge in [0.15, 0.2) is 11.6 Å². The maximum absolute atomic E-state index is 15.2. The molecule has 3 atom stereocenters. The molecule has 0 unspecified atom stereocenters. The van der Waals surface area contributed by atoms with Crippen LogP contribution in [0.4, 0.5) is 14.6 Å². The summed E-state index contributed by atoms with van der Waals surface area (Å²) < 4.78 is 34.1. The molecule has 3 aromatic rings. The van der Waals surface area contributed by atoms with Crippen LogP contribution in [-0.4, -0.2) is 50.6 Å². The van der Waals surface area contributed by atoms with E-state index in [0.717, 1.165) is 38.5 Å². The van der Waals surface area contributed by atoms with E-state index in [9.17, 15) is 9.50 Å². The van der Waals surface area contributed by atoms with Crippen molar-refractivity contribution in [1.29, 1.82) is 0 Å². The molecular weight excluding hydrogens is 476 g/mol. The second-order valence-corrected chi connectivity index (χ2v) is 10.6. The number of hydrogen-bond donors (Lipinski definition) is 1. The first-order valence-corrected chi connectivity index (χ1v) is 13.0. The summed E-state index contributed by atoms with van der Waals surface area (Å²) in [5.74, 6) is 0.247. The maximum Gasteiger partial charge on any atom is 0.216 e. The van der Waals surface area contributed by atoms with Gasteiger partial charge in [0.25, 0.3) is 0 Å². The van der Waals surface area contributed by atoms with Gasteiger partial charge in [-0.1, -0.05) is 26.3 Å². The molecule has 37 heavy (non-hydrogen) atoms. The smallest absolute Gasteiger partial charge is 0.216 e. The van der Waals surface area contributed by atoms with E-state index in [1.54, 1.807) is 24.4 Å². The minimum absolute atomic E-state index is 0.0614. The predicted molar refractivity (Wildman–Crippen MR) is 138 cm³/mol. The van der Waals surface area contributed by atoms with Crippen LogP contribution in [-0.2, 0) is 0 Å². The van der Waals surface area contributed by atoms with E-state index in [0.29, 0.717) is 28.9 Å². The molecule has 2 saturated carbocycles. The Bertz CT molecular complexity index is 1250. The van der Waals surface area contributed by atoms with Crippen LogP contribution in [0.1, 0.15) is 58.8 Å². The SMILES string of the molecule is CCC[C@]1(C)CC[C@H](F)[C@H](N(c2cnc(-c3ccc(-c4cc(F)nc(OC)c4)cc3O)nn2)C2CC2)C1. The van der Waals surface area contributed by atoms with E-state index in [4.69, 9.17) is 4.74 Å². The van der Waals surface area contributed by atoms with Crippen molar-refractivity contribution in [3.8, 4) is 34.1 Å². The van der Waals surface area contributed by atoms with Gasteiger partial charge in [-0.15, -0.1) is 10.2 Å². The quantitative estimate of drug-likeness (QED) is 0.366. The molecule has 2 heterocycles. The van der Waals surface area contributed by atoms with Crippen LogP contribution in [0.5, 0.6) is 11.6 Å². The average Bonchev–Trinajstić information content (AvgIpc) is 3.72. The van der Waals surface area contributed by atoms with Crippen LogP contribution in [0.3, 0.4) is 0 Å². The molecule has 0 spiro atoms. The Kier molecular flexibility index (Phi) is 6.96. The number of aromatic hydroxyl groups is 1. The fourth-order valence-corrected chi connectivity index (χ4v) is 5.65. The summed E-state index contributed by atoms with van der Waals surface area (Å²) in [4.78, 5) is 10.2. The van der Waals surface area contributed by atoms with Crippen molar-refractivity contribution in [2.45, 2.75) is 77.0 Å². The number of anilines is 1. The van der Waals surface area contributed by atoms with E-state index in [-0.39, 0.29) is 35.0 Å². The highest BCUT2D eigenvalue weighted by Crippen LogP contribution is 2.46. The molecular formula is C28H33F2N5O2. The van der Waals surface area contributed by atoms with Crippen molar-refractivity contribution < 1.29 is 18.6 Å². The maximum atomic E-state index is 15.2. The number of aromatic nitrogens is 4. The third-order valence-corrected chi connectivity index (χ3v) is 7.66. The van der Waals surface area contributed by atoms with Crippen LogP contribution in [0.15, 0.2) is 36.5 Å². The summed E-state index contributed by atoms with van der Waals surface area (Å²) in [5.41, 5.74) is 1.64. The number of pyridine rings is 1. The summed E-state index contributed by atoms with van der Waals surface area (Å²) >= 11 is 0. The largest absolute Gasteiger partial charge is 0.507 e. The van der Waals surface area contributed by atoms with Crippen molar-refractivity contribution in [1.82, 2.24) is 20.2 Å². The lowest BCUT2D eigenvalue weighted by atomic mass is 9.70. The lowest BCUT2D eigenvalue weighted by molar-refractivity contribution is 0.0994. The third-order valence-electron chi connectivity index (χ3n) is 7.66. The Morgan fingerprint density at radius 1 is 1.14 bits per heavy atom. The van der Waals surface area contributed by atoms with Crippen molar-refractivity contribution >= 4 is 5.82 Å². The Morgan fingerprint density at radius 2 is 1.95 bits per heavy atom. The van der Waals surface area contributed by atoms with Crippen molar-refractivity contribution in [2.24, 2.45) is 5.41 Å². The number of alkyl halides is 1. The van der Waals surface area contributed by atoms with Gasteiger partial charge in [-0.2, -0.15) is 9.37 Å². The lowest BCUT2D eigenvalue weighted by Gasteiger charge is -2.45. The highest BCUT2D eigenvalue weighted by Gasteiger charge is 2.45. The van der Waals surface area contributed by atoms with Gasteiger partial charge >= 0.3 is 0 Å². The van der Waals surface area contributed by atoms with Gasteiger partial charge in [-0.25, -0.2) is 9.37 Å². The van der Waals surface area contributed by atoms with Crippen LogP contribution in [0.2, 0.25) is 0 Å². The minimum Gasteiger partial charge on any atom is -0.507 e. The van der Waals surface area contributed by atoms with Crippen LogP contribution in [0.25, 0.3) is 22.5 Å². The zero-order valence-electron chi connectivity index (χ0n) is 21.5. The van der Waals surface area contributed by atoms with Crippen molar-refractivity contribution in [3.63, 3.8) is 0 Å². The molecule has 196 valence electrons. The number of ether oxygens (including phenoxy) is 1. The summed E-state index contributed by atoms with van der Waals surface area (Å²) in [5, 5.41) is 19.5. The Labute approximate surface area is 215 Å². The van der Waals surface area contributed by atoms with Gasteiger partial charge in [0.1, 0.15) is 11.9 Å². The number of nitrogens with zero attached hydrogens (tertiary/aromatic N) is 5. The molecule has 0 bridgehead atoms. The van der Waals surface area contributed by atoms with Crippen LogP contribution in [0, 0.1) is 11.4 Å². The predicted octanol–water partition coefficient (Wildman–Crippen LogP) is 6.12. The van der Waals surface area contributed by atoms with E-state index < -0.39 is 12.1 Å². The van der Waals surface area contributed by atoms with Gasteiger partial charge in [-0.3, -0.25) is 0 Å². The zero-order chi connectivity index (χ0) is 26.2. The Balaban J connectivity index is 1.39. The first kappa shape index (κ1) is 25.3. The van der Waals surface area contributed by atoms with E-state index in [1.165, 1.54) is 19.2 Å². The number of phenols is 1. The number of hydrogen-bond acceptors (Lipinski definition) is 7. The molecule has 0 amide bonds. The fourth-order valence-electron chi connectivity index (χ4n) is 5.65. The molecule has 2 aromatic heterocycles. The van der Waals surface area contributed by atoms with E-state index in [1.807, 2.05) is 0 Å². The van der Waals surface area contributed by atoms with Crippen LogP contribution >= 0.6 is 0 Å². The number of methoxy groups -OCH3 is 1. The van der Waals surface area contributed by atoms with Gasteiger partial charge in [0.05, 0.1) is 24.9 Å². The summed E-state index contributed by atoms with van der Waals surface area (Å²) in [6, 6.07) is 7.81. The molecule has 9 heteroatoms. The second-order valence-electron chi connectivity index (χ2n) is 10.6. The third kappa shape index (κ3) is 5.36. The highest BCUT2D eigenvalue weighted by molar-refractivity contribution is 5.73. The Morgan fingerprint density at radius 3 is 2.59 bits per heavy atom. The molecule has 7 nitrogen and oxygen atoms in total. The first-order chi connectivity index (χ1) is 17.8. The lowest BCUT2D eigenvalue weighted by Crippen LogP contribution is -2.50. The monoisotopic (exact) mass is 509 g/mol. The summed E-state index contributed by atoms with van der Waals surface area (Å²) in [6.07, 6.45) is 7.21.